The van der Waals surface area contributed by atoms with Gasteiger partial charge in [-0.25, -0.2) is 0 Å². The summed E-state index contributed by atoms with van der Waals surface area (Å²) in [6.07, 6.45) is -6.00. The second kappa shape index (κ2) is 5.42. The summed E-state index contributed by atoms with van der Waals surface area (Å²) in [5.74, 6) is -0.121. The Morgan fingerprint density at radius 3 is 2.33 bits per heavy atom. The van der Waals surface area contributed by atoms with Gasteiger partial charge in [-0.05, 0) is 12.1 Å². The number of hydrogen-bond acceptors (Lipinski definition) is 2. The Morgan fingerprint density at radius 2 is 1.87 bits per heavy atom. The molecule has 1 rings (SSSR count). The predicted octanol–water partition coefficient (Wildman–Crippen LogP) is 3.36. The highest BCUT2D eigenvalue weighted by molar-refractivity contribution is 7.99. The van der Waals surface area contributed by atoms with Crippen LogP contribution in [0.1, 0.15) is 0 Å². The molecule has 15 heavy (non-hydrogen) atoms. The van der Waals surface area contributed by atoms with Crippen molar-refractivity contribution in [1.29, 1.82) is 0 Å². The zero-order chi connectivity index (χ0) is 11.3. The van der Waals surface area contributed by atoms with Crippen molar-refractivity contribution in [2.45, 2.75) is 17.2 Å². The second-order valence-electron chi connectivity index (χ2n) is 2.89. The fraction of sp³-hybridized carbons (Fsp3) is 0.400. The zero-order valence-electron chi connectivity index (χ0n) is 8.12. The maximum Gasteiger partial charge on any atom is 0.415 e. The first kappa shape index (κ1) is 12.4. The molecule has 0 spiro atoms. The number of hydrogen-bond donors (Lipinski definition) is 0. The summed E-state index contributed by atoms with van der Waals surface area (Å²) in [7, 11) is 1.07. The van der Waals surface area contributed by atoms with Crippen LogP contribution < -0.4 is 0 Å². The van der Waals surface area contributed by atoms with Gasteiger partial charge in [0.2, 0.25) is 0 Å². The fourth-order valence-electron chi connectivity index (χ4n) is 0.985. The van der Waals surface area contributed by atoms with Gasteiger partial charge in [0.25, 0.3) is 0 Å². The van der Waals surface area contributed by atoms with Crippen LogP contribution in [0.25, 0.3) is 0 Å². The van der Waals surface area contributed by atoms with Crippen molar-refractivity contribution in [2.75, 3.05) is 12.9 Å². The molecular formula is C10H11F3OS. The highest BCUT2D eigenvalue weighted by atomic mass is 32.2. The lowest BCUT2D eigenvalue weighted by Crippen LogP contribution is -2.32. The van der Waals surface area contributed by atoms with Crippen molar-refractivity contribution in [3.8, 4) is 0 Å². The van der Waals surface area contributed by atoms with Crippen molar-refractivity contribution in [1.82, 2.24) is 0 Å². The van der Waals surface area contributed by atoms with Gasteiger partial charge in [0.1, 0.15) is 0 Å². The van der Waals surface area contributed by atoms with Crippen LogP contribution >= 0.6 is 11.8 Å². The zero-order valence-corrected chi connectivity index (χ0v) is 8.94. The molecule has 0 amide bonds. The third-order valence-corrected chi connectivity index (χ3v) is 2.87. The molecule has 0 radical (unpaired) electrons. The van der Waals surface area contributed by atoms with Crippen LogP contribution in [0.15, 0.2) is 35.2 Å². The van der Waals surface area contributed by atoms with E-state index in [1.807, 2.05) is 6.07 Å². The summed E-state index contributed by atoms with van der Waals surface area (Å²) >= 11 is 1.13. The first-order valence-corrected chi connectivity index (χ1v) is 5.30. The van der Waals surface area contributed by atoms with E-state index >= 15 is 0 Å². The predicted molar refractivity (Wildman–Crippen MR) is 54.0 cm³/mol. The quantitative estimate of drug-likeness (QED) is 0.741. The summed E-state index contributed by atoms with van der Waals surface area (Å²) in [4.78, 5) is 0.809. The van der Waals surface area contributed by atoms with E-state index in [1.165, 1.54) is 0 Å². The molecule has 0 saturated heterocycles. The van der Waals surface area contributed by atoms with E-state index in [4.69, 9.17) is 0 Å². The Morgan fingerprint density at radius 1 is 1.27 bits per heavy atom. The van der Waals surface area contributed by atoms with Crippen molar-refractivity contribution < 1.29 is 17.9 Å². The number of halogens is 3. The molecule has 1 aromatic rings. The minimum absolute atomic E-state index is 0.121. The number of ether oxygens (including phenoxy) is 1. The van der Waals surface area contributed by atoms with Crippen molar-refractivity contribution in [3.05, 3.63) is 30.3 Å². The molecule has 1 aromatic carbocycles. The maximum atomic E-state index is 12.3. The van der Waals surface area contributed by atoms with Gasteiger partial charge in [-0.3, -0.25) is 0 Å². The summed E-state index contributed by atoms with van der Waals surface area (Å²) in [5.41, 5.74) is 0. The summed E-state index contributed by atoms with van der Waals surface area (Å²) in [6, 6.07) is 8.94. The monoisotopic (exact) mass is 236 g/mol. The topological polar surface area (TPSA) is 9.23 Å². The first-order chi connectivity index (χ1) is 7.04. The summed E-state index contributed by atoms with van der Waals surface area (Å²) in [5, 5.41) is 0. The fourth-order valence-corrected chi connectivity index (χ4v) is 2.00. The van der Waals surface area contributed by atoms with E-state index in [0.717, 1.165) is 23.8 Å². The third-order valence-electron chi connectivity index (χ3n) is 1.79. The lowest BCUT2D eigenvalue weighted by molar-refractivity contribution is -0.204. The van der Waals surface area contributed by atoms with Crippen LogP contribution in [0.3, 0.4) is 0 Å². The molecule has 0 heterocycles. The van der Waals surface area contributed by atoms with Gasteiger partial charge in [0.15, 0.2) is 6.10 Å². The van der Waals surface area contributed by atoms with Crippen LogP contribution in [0.4, 0.5) is 13.2 Å². The average molecular weight is 236 g/mol. The molecular weight excluding hydrogens is 225 g/mol. The SMILES string of the molecule is COC(CSc1ccccc1)C(F)(F)F. The number of alkyl halides is 3. The highest BCUT2D eigenvalue weighted by Crippen LogP contribution is 2.28. The van der Waals surface area contributed by atoms with Crippen LogP contribution in [0, 0.1) is 0 Å². The number of methoxy groups -OCH3 is 1. The van der Waals surface area contributed by atoms with Gasteiger partial charge in [-0.15, -0.1) is 11.8 Å². The van der Waals surface area contributed by atoms with Crippen LogP contribution in [-0.4, -0.2) is 25.1 Å². The lowest BCUT2D eigenvalue weighted by Gasteiger charge is -2.17. The van der Waals surface area contributed by atoms with Gasteiger partial charge >= 0.3 is 6.18 Å². The first-order valence-electron chi connectivity index (χ1n) is 4.31. The molecule has 0 saturated carbocycles. The Kier molecular flexibility index (Phi) is 4.47. The molecule has 5 heteroatoms. The average Bonchev–Trinajstić information content (AvgIpc) is 2.18. The molecule has 1 unspecified atom stereocenters. The van der Waals surface area contributed by atoms with Gasteiger partial charge in [-0.2, -0.15) is 13.2 Å². The smallest absolute Gasteiger partial charge is 0.371 e. The van der Waals surface area contributed by atoms with Gasteiger partial charge in [0, 0.05) is 17.8 Å². The minimum Gasteiger partial charge on any atom is -0.371 e. The molecule has 1 atom stereocenters. The molecule has 1 nitrogen and oxygen atoms in total. The van der Waals surface area contributed by atoms with E-state index < -0.39 is 12.3 Å². The number of benzene rings is 1. The standard InChI is InChI=1S/C10H11F3OS/c1-14-9(10(11,12)13)7-15-8-5-3-2-4-6-8/h2-6,9H,7H2,1H3. The molecule has 0 aromatic heterocycles. The molecule has 0 bridgehead atoms. The second-order valence-corrected chi connectivity index (χ2v) is 3.98. The van der Waals surface area contributed by atoms with Gasteiger partial charge in [-0.1, -0.05) is 18.2 Å². The lowest BCUT2D eigenvalue weighted by atomic mass is 10.4. The van der Waals surface area contributed by atoms with E-state index in [2.05, 4.69) is 4.74 Å². The van der Waals surface area contributed by atoms with E-state index in [1.54, 1.807) is 24.3 Å². The number of rotatable bonds is 4. The normalized spacial score (nSPS) is 13.9. The van der Waals surface area contributed by atoms with E-state index in [0.29, 0.717) is 0 Å². The minimum atomic E-state index is -4.30. The number of thioether (sulfide) groups is 1. The van der Waals surface area contributed by atoms with Gasteiger partial charge < -0.3 is 4.74 Å². The van der Waals surface area contributed by atoms with Crippen molar-refractivity contribution in [3.63, 3.8) is 0 Å². The Labute approximate surface area is 90.6 Å². The highest BCUT2D eigenvalue weighted by Gasteiger charge is 2.39. The Balaban J connectivity index is 2.49. The third kappa shape index (κ3) is 4.13. The van der Waals surface area contributed by atoms with Crippen molar-refractivity contribution in [2.24, 2.45) is 0 Å². The molecule has 0 aliphatic rings. The van der Waals surface area contributed by atoms with E-state index in [9.17, 15) is 13.2 Å². The Hall–Kier alpha value is -0.680. The molecule has 0 aliphatic heterocycles. The van der Waals surface area contributed by atoms with E-state index in [-0.39, 0.29) is 5.75 Å². The summed E-state index contributed by atoms with van der Waals surface area (Å²) < 4.78 is 41.2. The molecule has 84 valence electrons. The van der Waals surface area contributed by atoms with Crippen LogP contribution in [-0.2, 0) is 4.74 Å². The van der Waals surface area contributed by atoms with Crippen LogP contribution in [0.5, 0.6) is 0 Å². The van der Waals surface area contributed by atoms with Crippen LogP contribution in [0.2, 0.25) is 0 Å². The maximum absolute atomic E-state index is 12.3. The largest absolute Gasteiger partial charge is 0.415 e. The summed E-state index contributed by atoms with van der Waals surface area (Å²) in [6.45, 7) is 0. The van der Waals surface area contributed by atoms with Gasteiger partial charge in [0.05, 0.1) is 0 Å². The Bertz CT molecular complexity index is 286. The molecule has 0 aliphatic carbocycles. The molecule has 0 fully saturated rings. The van der Waals surface area contributed by atoms with Crippen molar-refractivity contribution >= 4 is 11.8 Å². The molecule has 0 N–H and O–H groups in total.